The first-order valence-electron chi connectivity index (χ1n) is 7.06. The van der Waals surface area contributed by atoms with Crippen LogP contribution in [-0.4, -0.2) is 34.7 Å². The Bertz CT molecular complexity index is 926. The molecule has 3 rings (SSSR count). The molecule has 1 aliphatic rings. The van der Waals surface area contributed by atoms with Crippen molar-refractivity contribution < 1.29 is 23.7 Å². The largest absolute Gasteiger partial charge is 0.457 e. The molecule has 4 amide bonds. The Hall–Kier alpha value is -3.75. The van der Waals surface area contributed by atoms with Gasteiger partial charge in [-0.2, -0.15) is 0 Å². The Morgan fingerprint density at radius 3 is 2.44 bits per heavy atom. The number of carbonyl (C=O) groups excluding carboxylic acids is 3. The number of nitro benzene ring substituents is 1. The third-order valence-corrected chi connectivity index (χ3v) is 3.58. The quantitative estimate of drug-likeness (QED) is 0.394. The molecule has 2 aromatic rings. The SMILES string of the molecule is CN1C(=O)NC(=O)C(=Cc2ccc(-c3ccc([N+](=O)[O-])cc3)o2)C1=O. The number of hydrogen-bond acceptors (Lipinski definition) is 6. The molecule has 126 valence electrons. The monoisotopic (exact) mass is 341 g/mol. The smallest absolute Gasteiger partial charge is 0.331 e. The fourth-order valence-electron chi connectivity index (χ4n) is 2.22. The molecular weight excluding hydrogens is 330 g/mol. The number of hydrogen-bond donors (Lipinski definition) is 1. The molecule has 2 heterocycles. The molecule has 0 aliphatic carbocycles. The fraction of sp³-hybridized carbons (Fsp3) is 0.0625. The molecular formula is C16H11N3O6. The zero-order valence-electron chi connectivity index (χ0n) is 12.9. The summed E-state index contributed by atoms with van der Waals surface area (Å²) in [6.07, 6.45) is 1.23. The number of urea groups is 1. The van der Waals surface area contributed by atoms with Gasteiger partial charge in [-0.1, -0.05) is 0 Å². The summed E-state index contributed by atoms with van der Waals surface area (Å²) in [4.78, 5) is 46.1. The van der Waals surface area contributed by atoms with Crippen LogP contribution in [0.2, 0.25) is 0 Å². The highest BCUT2D eigenvalue weighted by Gasteiger charge is 2.33. The second kappa shape index (κ2) is 6.04. The van der Waals surface area contributed by atoms with E-state index < -0.39 is 22.8 Å². The minimum Gasteiger partial charge on any atom is -0.457 e. The maximum atomic E-state index is 12.0. The molecule has 1 fully saturated rings. The topological polar surface area (TPSA) is 123 Å². The molecule has 1 aromatic carbocycles. The third-order valence-electron chi connectivity index (χ3n) is 3.58. The predicted octanol–water partition coefficient (Wildman–Crippen LogP) is 1.95. The van der Waals surface area contributed by atoms with Crippen molar-refractivity contribution in [3.05, 3.63) is 57.8 Å². The van der Waals surface area contributed by atoms with E-state index in [1.807, 2.05) is 5.32 Å². The second-order valence-electron chi connectivity index (χ2n) is 5.19. The van der Waals surface area contributed by atoms with Crippen LogP contribution < -0.4 is 5.32 Å². The van der Waals surface area contributed by atoms with Gasteiger partial charge in [0.1, 0.15) is 17.1 Å². The van der Waals surface area contributed by atoms with E-state index in [-0.39, 0.29) is 17.0 Å². The molecule has 1 aliphatic heterocycles. The lowest BCUT2D eigenvalue weighted by Crippen LogP contribution is -2.52. The number of carbonyl (C=O) groups is 3. The normalized spacial score (nSPS) is 16.3. The molecule has 9 nitrogen and oxygen atoms in total. The van der Waals surface area contributed by atoms with E-state index in [4.69, 9.17) is 4.42 Å². The number of furan rings is 1. The van der Waals surface area contributed by atoms with Crippen molar-refractivity contribution in [3.63, 3.8) is 0 Å². The van der Waals surface area contributed by atoms with Crippen molar-refractivity contribution >= 4 is 29.6 Å². The number of rotatable bonds is 3. The van der Waals surface area contributed by atoms with Crippen molar-refractivity contribution in [2.75, 3.05) is 7.05 Å². The third kappa shape index (κ3) is 3.02. The van der Waals surface area contributed by atoms with Gasteiger partial charge in [-0.3, -0.25) is 29.9 Å². The highest BCUT2D eigenvalue weighted by molar-refractivity contribution is 6.30. The zero-order valence-corrected chi connectivity index (χ0v) is 12.9. The number of benzene rings is 1. The molecule has 0 atom stereocenters. The predicted molar refractivity (Wildman–Crippen MR) is 85.1 cm³/mol. The van der Waals surface area contributed by atoms with Crippen LogP contribution in [0.25, 0.3) is 17.4 Å². The molecule has 0 unspecified atom stereocenters. The lowest BCUT2D eigenvalue weighted by atomic mass is 10.1. The molecule has 1 aromatic heterocycles. The standard InChI is InChI=1S/C16H11N3O6/c1-18-15(21)12(14(20)17-16(18)22)8-11-6-7-13(25-11)9-2-4-10(5-3-9)19(23)24/h2-8H,1H3,(H,17,20,22). The summed E-state index contributed by atoms with van der Waals surface area (Å²) in [5, 5.41) is 12.7. The second-order valence-corrected chi connectivity index (χ2v) is 5.19. The maximum absolute atomic E-state index is 12.0. The van der Waals surface area contributed by atoms with Crippen LogP contribution in [0, 0.1) is 10.1 Å². The number of nitrogens with one attached hydrogen (secondary N) is 1. The Kier molecular flexibility index (Phi) is 3.89. The Morgan fingerprint density at radius 1 is 1.12 bits per heavy atom. The first-order chi connectivity index (χ1) is 11.9. The number of nitrogens with zero attached hydrogens (tertiary/aromatic N) is 2. The molecule has 0 spiro atoms. The summed E-state index contributed by atoms with van der Waals surface area (Å²) in [7, 11) is 1.25. The first kappa shape index (κ1) is 16.1. The van der Waals surface area contributed by atoms with Crippen molar-refractivity contribution in [1.29, 1.82) is 0 Å². The summed E-state index contributed by atoms with van der Waals surface area (Å²) in [6, 6.07) is 8.09. The highest BCUT2D eigenvalue weighted by Crippen LogP contribution is 2.26. The molecule has 0 radical (unpaired) electrons. The Balaban J connectivity index is 1.88. The summed E-state index contributed by atoms with van der Waals surface area (Å²) < 4.78 is 5.55. The number of barbiturate groups is 1. The van der Waals surface area contributed by atoms with Crippen LogP contribution >= 0.6 is 0 Å². The number of amides is 4. The van der Waals surface area contributed by atoms with Crippen molar-refractivity contribution in [3.8, 4) is 11.3 Å². The lowest BCUT2D eigenvalue weighted by molar-refractivity contribution is -0.384. The summed E-state index contributed by atoms with van der Waals surface area (Å²) in [5.41, 5.74) is 0.323. The molecule has 1 saturated heterocycles. The lowest BCUT2D eigenvalue weighted by Gasteiger charge is -2.21. The summed E-state index contributed by atoms with van der Waals surface area (Å²) in [6.45, 7) is 0. The van der Waals surface area contributed by atoms with Gasteiger partial charge in [0.15, 0.2) is 0 Å². The number of nitro groups is 1. The minimum absolute atomic E-state index is 0.0465. The average Bonchev–Trinajstić information content (AvgIpc) is 3.05. The first-order valence-corrected chi connectivity index (χ1v) is 7.06. The van der Waals surface area contributed by atoms with E-state index in [1.54, 1.807) is 12.1 Å². The summed E-state index contributed by atoms with van der Waals surface area (Å²) in [5.74, 6) is -0.895. The molecule has 0 saturated carbocycles. The van der Waals surface area contributed by atoms with Gasteiger partial charge in [0.25, 0.3) is 17.5 Å². The Morgan fingerprint density at radius 2 is 1.80 bits per heavy atom. The molecule has 1 N–H and O–H groups in total. The summed E-state index contributed by atoms with van der Waals surface area (Å²) >= 11 is 0. The van der Waals surface area contributed by atoms with Gasteiger partial charge in [-0.15, -0.1) is 0 Å². The van der Waals surface area contributed by atoms with Crippen LogP contribution in [0.5, 0.6) is 0 Å². The maximum Gasteiger partial charge on any atom is 0.331 e. The van der Waals surface area contributed by atoms with E-state index in [0.717, 1.165) is 4.90 Å². The van der Waals surface area contributed by atoms with Crippen molar-refractivity contribution in [1.82, 2.24) is 10.2 Å². The van der Waals surface area contributed by atoms with Gasteiger partial charge < -0.3 is 4.42 Å². The fourth-order valence-corrected chi connectivity index (χ4v) is 2.22. The van der Waals surface area contributed by atoms with Crippen LogP contribution in [-0.2, 0) is 9.59 Å². The van der Waals surface area contributed by atoms with Crippen LogP contribution in [0.4, 0.5) is 10.5 Å². The number of non-ortho nitro benzene ring substituents is 1. The number of imide groups is 2. The van der Waals surface area contributed by atoms with Gasteiger partial charge in [0.2, 0.25) is 0 Å². The van der Waals surface area contributed by atoms with Crippen LogP contribution in [0.15, 0.2) is 46.4 Å². The highest BCUT2D eigenvalue weighted by atomic mass is 16.6. The van der Waals surface area contributed by atoms with Crippen LogP contribution in [0.1, 0.15) is 5.76 Å². The number of likely N-dealkylation sites (N-methyl/N-ethyl adjacent to an activating group) is 1. The van der Waals surface area contributed by atoms with Gasteiger partial charge in [0.05, 0.1) is 4.92 Å². The average molecular weight is 341 g/mol. The minimum atomic E-state index is -0.804. The molecule has 25 heavy (non-hydrogen) atoms. The molecule has 9 heteroatoms. The van der Waals surface area contributed by atoms with Crippen molar-refractivity contribution in [2.45, 2.75) is 0 Å². The van der Waals surface area contributed by atoms with E-state index >= 15 is 0 Å². The van der Waals surface area contributed by atoms with Gasteiger partial charge in [-0.05, 0) is 30.3 Å². The van der Waals surface area contributed by atoms with Gasteiger partial charge in [-0.25, -0.2) is 4.79 Å². The Labute approximate surface area is 140 Å². The van der Waals surface area contributed by atoms with E-state index in [0.29, 0.717) is 11.3 Å². The molecule has 0 bridgehead atoms. The van der Waals surface area contributed by atoms with E-state index in [1.165, 1.54) is 37.4 Å². The van der Waals surface area contributed by atoms with Gasteiger partial charge in [0, 0.05) is 24.7 Å². The van der Waals surface area contributed by atoms with Gasteiger partial charge >= 0.3 is 6.03 Å². The van der Waals surface area contributed by atoms with E-state index in [9.17, 15) is 24.5 Å². The van der Waals surface area contributed by atoms with E-state index in [2.05, 4.69) is 0 Å². The van der Waals surface area contributed by atoms with Crippen LogP contribution in [0.3, 0.4) is 0 Å². The zero-order chi connectivity index (χ0) is 18.1. The van der Waals surface area contributed by atoms with Crippen molar-refractivity contribution in [2.24, 2.45) is 0 Å².